The van der Waals surface area contributed by atoms with Crippen molar-refractivity contribution < 1.29 is 4.79 Å². The Morgan fingerprint density at radius 2 is 1.75 bits per heavy atom. The average molecular weight is 324 g/mol. The van der Waals surface area contributed by atoms with E-state index in [4.69, 9.17) is 0 Å². The number of benzene rings is 1. The summed E-state index contributed by atoms with van der Waals surface area (Å²) >= 11 is 0. The lowest BCUT2D eigenvalue weighted by molar-refractivity contribution is -0.120. The topological polar surface area (TPSA) is 62.0 Å². The third-order valence-electron chi connectivity index (χ3n) is 5.58. The molecular formula is C20H24N2O2. The first kappa shape index (κ1) is 15.4. The predicted molar refractivity (Wildman–Crippen MR) is 96.4 cm³/mol. The van der Waals surface area contributed by atoms with Gasteiger partial charge in [-0.25, -0.2) is 0 Å². The summed E-state index contributed by atoms with van der Waals surface area (Å²) in [6.07, 6.45) is 9.61. The zero-order valence-electron chi connectivity index (χ0n) is 14.0. The van der Waals surface area contributed by atoms with Crippen molar-refractivity contribution in [3.05, 3.63) is 39.7 Å². The van der Waals surface area contributed by atoms with Crippen molar-refractivity contribution in [3.63, 3.8) is 0 Å². The van der Waals surface area contributed by atoms with Crippen molar-refractivity contribution in [2.24, 2.45) is 5.92 Å². The van der Waals surface area contributed by atoms with Crippen LogP contribution < -0.4 is 10.9 Å². The number of carbonyl (C=O) groups is 1. The van der Waals surface area contributed by atoms with E-state index in [9.17, 15) is 9.59 Å². The highest BCUT2D eigenvalue weighted by Gasteiger charge is 2.21. The first-order valence-corrected chi connectivity index (χ1v) is 9.21. The van der Waals surface area contributed by atoms with Gasteiger partial charge in [0.1, 0.15) is 0 Å². The maximum Gasteiger partial charge on any atom is 0.251 e. The van der Waals surface area contributed by atoms with Crippen molar-refractivity contribution >= 4 is 22.5 Å². The van der Waals surface area contributed by atoms with Gasteiger partial charge in [-0.05, 0) is 56.2 Å². The van der Waals surface area contributed by atoms with Crippen LogP contribution in [0.15, 0.2) is 23.0 Å². The van der Waals surface area contributed by atoms with Gasteiger partial charge in [0.05, 0.1) is 5.52 Å². The summed E-state index contributed by atoms with van der Waals surface area (Å²) in [4.78, 5) is 27.7. The molecule has 0 aliphatic heterocycles. The predicted octanol–water partition coefficient (Wildman–Crippen LogP) is 3.93. The Morgan fingerprint density at radius 3 is 2.54 bits per heavy atom. The monoisotopic (exact) mass is 324 g/mol. The lowest BCUT2D eigenvalue weighted by atomic mass is 9.88. The number of aromatic nitrogens is 1. The normalized spacial score (nSPS) is 18.3. The Hall–Kier alpha value is -2.10. The van der Waals surface area contributed by atoms with Crippen LogP contribution >= 0.6 is 0 Å². The molecule has 4 rings (SSSR count). The van der Waals surface area contributed by atoms with E-state index in [1.807, 2.05) is 18.2 Å². The highest BCUT2D eigenvalue weighted by Crippen LogP contribution is 2.28. The summed E-state index contributed by atoms with van der Waals surface area (Å²) in [6.45, 7) is 0. The number of rotatable bonds is 2. The van der Waals surface area contributed by atoms with Gasteiger partial charge in [-0.15, -0.1) is 0 Å². The molecule has 0 radical (unpaired) electrons. The van der Waals surface area contributed by atoms with E-state index in [0.717, 1.165) is 73.5 Å². The lowest BCUT2D eigenvalue weighted by Crippen LogP contribution is -2.24. The summed E-state index contributed by atoms with van der Waals surface area (Å²) < 4.78 is 0. The van der Waals surface area contributed by atoms with Gasteiger partial charge >= 0.3 is 0 Å². The van der Waals surface area contributed by atoms with Crippen LogP contribution in [0.4, 0.5) is 5.69 Å². The molecule has 1 amide bonds. The Bertz CT molecular complexity index is 831. The van der Waals surface area contributed by atoms with Crippen LogP contribution in [0.1, 0.15) is 56.1 Å². The smallest absolute Gasteiger partial charge is 0.251 e. The fourth-order valence-electron chi connectivity index (χ4n) is 4.25. The number of nitrogens with one attached hydrogen (secondary N) is 2. The molecule has 2 N–H and O–H groups in total. The first-order chi connectivity index (χ1) is 11.7. The SMILES string of the molecule is O=C(Nc1ccc2c3c(c(=O)[nH]c2c1)CCCC3)C1CCCCC1. The minimum absolute atomic E-state index is 0.0351. The second-order valence-corrected chi connectivity index (χ2v) is 7.20. The number of H-pyrrole nitrogens is 1. The van der Waals surface area contributed by atoms with E-state index >= 15 is 0 Å². The van der Waals surface area contributed by atoms with Gasteiger partial charge < -0.3 is 10.3 Å². The van der Waals surface area contributed by atoms with Crippen molar-refractivity contribution in [1.29, 1.82) is 0 Å². The van der Waals surface area contributed by atoms with Gasteiger partial charge in [-0.3, -0.25) is 9.59 Å². The van der Waals surface area contributed by atoms with Crippen molar-refractivity contribution in [3.8, 4) is 0 Å². The van der Waals surface area contributed by atoms with Gasteiger partial charge in [0.15, 0.2) is 0 Å². The van der Waals surface area contributed by atoms with Gasteiger partial charge in [-0.1, -0.05) is 25.3 Å². The molecule has 1 aromatic carbocycles. The zero-order chi connectivity index (χ0) is 16.5. The fraction of sp³-hybridized carbons (Fsp3) is 0.500. The second kappa shape index (κ2) is 6.42. The van der Waals surface area contributed by atoms with E-state index in [-0.39, 0.29) is 17.4 Å². The zero-order valence-corrected chi connectivity index (χ0v) is 14.0. The van der Waals surface area contributed by atoms with Crippen LogP contribution in [0.5, 0.6) is 0 Å². The summed E-state index contributed by atoms with van der Waals surface area (Å²) in [5.41, 5.74) is 3.80. The Kier molecular flexibility index (Phi) is 4.13. The average Bonchev–Trinajstić information content (AvgIpc) is 2.62. The number of amides is 1. The van der Waals surface area contributed by atoms with E-state index in [1.165, 1.54) is 12.0 Å². The quantitative estimate of drug-likeness (QED) is 0.879. The number of carbonyl (C=O) groups excluding carboxylic acids is 1. The number of hydrogen-bond acceptors (Lipinski definition) is 2. The van der Waals surface area contributed by atoms with Gasteiger partial charge in [0, 0.05) is 22.6 Å². The molecule has 1 aromatic heterocycles. The van der Waals surface area contributed by atoms with Crippen LogP contribution in [0, 0.1) is 5.92 Å². The molecule has 0 saturated heterocycles. The largest absolute Gasteiger partial charge is 0.326 e. The highest BCUT2D eigenvalue weighted by molar-refractivity contribution is 5.95. The van der Waals surface area contributed by atoms with Gasteiger partial charge in [-0.2, -0.15) is 0 Å². The third kappa shape index (κ3) is 2.85. The van der Waals surface area contributed by atoms with Crippen LogP contribution in [0.3, 0.4) is 0 Å². The van der Waals surface area contributed by atoms with Crippen LogP contribution in [-0.2, 0) is 17.6 Å². The summed E-state index contributed by atoms with van der Waals surface area (Å²) in [5, 5.41) is 4.17. The molecule has 2 aliphatic carbocycles. The maximum atomic E-state index is 12.4. The molecule has 1 heterocycles. The van der Waals surface area contributed by atoms with E-state index in [0.29, 0.717) is 0 Å². The molecule has 0 unspecified atom stereocenters. The minimum Gasteiger partial charge on any atom is -0.326 e. The molecule has 0 spiro atoms. The summed E-state index contributed by atoms with van der Waals surface area (Å²) in [5.74, 6) is 0.256. The molecule has 126 valence electrons. The number of aryl methyl sites for hydroxylation is 1. The van der Waals surface area contributed by atoms with E-state index in [2.05, 4.69) is 10.3 Å². The molecule has 24 heavy (non-hydrogen) atoms. The van der Waals surface area contributed by atoms with Crippen LogP contribution in [0.2, 0.25) is 0 Å². The minimum atomic E-state index is 0.0351. The molecule has 4 nitrogen and oxygen atoms in total. The van der Waals surface area contributed by atoms with Crippen LogP contribution in [0.25, 0.3) is 10.9 Å². The molecule has 4 heteroatoms. The molecule has 0 atom stereocenters. The lowest BCUT2D eigenvalue weighted by Gasteiger charge is -2.21. The van der Waals surface area contributed by atoms with Crippen molar-refractivity contribution in [2.45, 2.75) is 57.8 Å². The number of fused-ring (bicyclic) bond motifs is 3. The Labute approximate surface area is 141 Å². The molecule has 1 saturated carbocycles. The number of anilines is 1. The summed E-state index contributed by atoms with van der Waals surface area (Å²) in [6, 6.07) is 5.93. The molecule has 0 bridgehead atoms. The second-order valence-electron chi connectivity index (χ2n) is 7.20. The Balaban J connectivity index is 1.63. The molecule has 1 fully saturated rings. The molecule has 2 aromatic rings. The number of hydrogen-bond donors (Lipinski definition) is 2. The third-order valence-corrected chi connectivity index (χ3v) is 5.58. The van der Waals surface area contributed by atoms with Crippen molar-refractivity contribution in [2.75, 3.05) is 5.32 Å². The number of pyridine rings is 1. The summed E-state index contributed by atoms with van der Waals surface area (Å²) in [7, 11) is 0. The Morgan fingerprint density at radius 1 is 1.00 bits per heavy atom. The first-order valence-electron chi connectivity index (χ1n) is 9.21. The molecular weight excluding hydrogens is 300 g/mol. The fourth-order valence-corrected chi connectivity index (χ4v) is 4.25. The molecule has 2 aliphatic rings. The van der Waals surface area contributed by atoms with E-state index in [1.54, 1.807) is 0 Å². The van der Waals surface area contributed by atoms with Gasteiger partial charge in [0.2, 0.25) is 5.91 Å². The van der Waals surface area contributed by atoms with Crippen molar-refractivity contribution in [1.82, 2.24) is 4.98 Å². The van der Waals surface area contributed by atoms with Crippen LogP contribution in [-0.4, -0.2) is 10.9 Å². The van der Waals surface area contributed by atoms with Gasteiger partial charge in [0.25, 0.3) is 5.56 Å². The highest BCUT2D eigenvalue weighted by atomic mass is 16.2. The maximum absolute atomic E-state index is 12.4. The standard InChI is InChI=1S/C20H24N2O2/c23-19(13-6-2-1-3-7-13)21-14-10-11-16-15-8-4-5-9-17(15)20(24)22-18(16)12-14/h10-13H,1-9H2,(H,21,23)(H,22,24). The number of aromatic amines is 1. The van der Waals surface area contributed by atoms with E-state index < -0.39 is 0 Å².